The number of H-pyrrole nitrogens is 1. The Morgan fingerprint density at radius 1 is 1.33 bits per heavy atom. The monoisotopic (exact) mass is 325 g/mol. The van der Waals surface area contributed by atoms with Gasteiger partial charge in [-0.25, -0.2) is 0 Å². The number of rotatable bonds is 6. The number of piperidine rings is 1. The third-order valence-electron chi connectivity index (χ3n) is 4.35. The van der Waals surface area contributed by atoms with Crippen LogP contribution >= 0.6 is 0 Å². The predicted octanol–water partition coefficient (Wildman–Crippen LogP) is 1.21. The molecular formula is C19H23N3O2. The molecule has 0 radical (unpaired) electrons. The highest BCUT2D eigenvalue weighted by Gasteiger charge is 2.27. The lowest BCUT2D eigenvalue weighted by atomic mass is 9.98. The van der Waals surface area contributed by atoms with Crippen molar-refractivity contribution >= 4 is 5.91 Å². The van der Waals surface area contributed by atoms with E-state index in [1.54, 1.807) is 6.20 Å². The third kappa shape index (κ3) is 4.75. The van der Waals surface area contributed by atoms with E-state index in [0.29, 0.717) is 13.0 Å². The lowest BCUT2D eigenvalue weighted by molar-refractivity contribution is -0.131. The van der Waals surface area contributed by atoms with Crippen LogP contribution in [0.5, 0.6) is 0 Å². The Labute approximate surface area is 143 Å². The summed E-state index contributed by atoms with van der Waals surface area (Å²) in [6.45, 7) is 1.90. The minimum absolute atomic E-state index is 0.0234. The standard InChI is InChI=1S/C19H23N3O2/c1-3-11-21(12-4-2)18(23)14-17-9-5-6-13-22(17)15-16-8-7-10-20-19(16)24/h1-2,7-8,10,17H,5-6,9,11-15H2,(H,20,24)/t17-/m1/s1. The molecule has 0 spiro atoms. The van der Waals surface area contributed by atoms with Crippen LogP contribution in [0.3, 0.4) is 0 Å². The number of aromatic amines is 1. The Bertz CT molecular complexity index is 680. The average Bonchev–Trinajstić information content (AvgIpc) is 2.58. The van der Waals surface area contributed by atoms with Crippen molar-refractivity contribution < 1.29 is 4.79 Å². The molecule has 0 unspecified atom stereocenters. The number of nitrogens with one attached hydrogen (secondary N) is 1. The lowest BCUT2D eigenvalue weighted by Gasteiger charge is -2.36. The molecule has 1 aromatic heterocycles. The molecule has 0 aliphatic carbocycles. The van der Waals surface area contributed by atoms with Crippen LogP contribution in [0, 0.1) is 24.7 Å². The van der Waals surface area contributed by atoms with E-state index in [4.69, 9.17) is 12.8 Å². The van der Waals surface area contributed by atoms with Crippen LogP contribution in [0.4, 0.5) is 0 Å². The fourth-order valence-electron chi connectivity index (χ4n) is 3.08. The first-order valence-electron chi connectivity index (χ1n) is 8.21. The smallest absolute Gasteiger partial charge is 0.252 e. The summed E-state index contributed by atoms with van der Waals surface area (Å²) in [7, 11) is 0. The highest BCUT2D eigenvalue weighted by molar-refractivity contribution is 5.77. The van der Waals surface area contributed by atoms with Gasteiger partial charge in [-0.1, -0.05) is 24.3 Å². The van der Waals surface area contributed by atoms with Crippen LogP contribution in [-0.2, 0) is 11.3 Å². The van der Waals surface area contributed by atoms with E-state index < -0.39 is 0 Å². The first-order chi connectivity index (χ1) is 11.7. The maximum atomic E-state index is 12.5. The molecule has 1 saturated heterocycles. The van der Waals surface area contributed by atoms with E-state index in [0.717, 1.165) is 31.4 Å². The van der Waals surface area contributed by atoms with Crippen molar-refractivity contribution in [1.82, 2.24) is 14.8 Å². The van der Waals surface area contributed by atoms with E-state index >= 15 is 0 Å². The van der Waals surface area contributed by atoms with E-state index in [-0.39, 0.29) is 30.6 Å². The van der Waals surface area contributed by atoms with E-state index in [1.165, 1.54) is 4.90 Å². The highest BCUT2D eigenvalue weighted by Crippen LogP contribution is 2.22. The van der Waals surface area contributed by atoms with Gasteiger partial charge in [0, 0.05) is 30.8 Å². The van der Waals surface area contributed by atoms with Gasteiger partial charge in [-0.3, -0.25) is 14.5 Å². The quantitative estimate of drug-likeness (QED) is 0.800. The van der Waals surface area contributed by atoms with Gasteiger partial charge in [0.15, 0.2) is 0 Å². The molecule has 1 aromatic rings. The molecule has 1 atom stereocenters. The maximum Gasteiger partial charge on any atom is 0.252 e. The molecule has 0 bridgehead atoms. The molecule has 1 amide bonds. The zero-order valence-corrected chi connectivity index (χ0v) is 13.8. The summed E-state index contributed by atoms with van der Waals surface area (Å²) in [6.07, 6.45) is 15.7. The van der Waals surface area contributed by atoms with Crippen LogP contribution in [0.25, 0.3) is 0 Å². The van der Waals surface area contributed by atoms with Crippen molar-refractivity contribution in [2.24, 2.45) is 0 Å². The fraction of sp³-hybridized carbons (Fsp3) is 0.474. The molecule has 5 heteroatoms. The number of carbonyl (C=O) groups excluding carboxylic acids is 1. The number of hydrogen-bond acceptors (Lipinski definition) is 3. The third-order valence-corrected chi connectivity index (χ3v) is 4.35. The maximum absolute atomic E-state index is 12.5. The summed E-state index contributed by atoms with van der Waals surface area (Å²) in [5, 5.41) is 0. The van der Waals surface area contributed by atoms with E-state index in [9.17, 15) is 9.59 Å². The molecule has 5 nitrogen and oxygen atoms in total. The average molecular weight is 325 g/mol. The fourth-order valence-corrected chi connectivity index (χ4v) is 3.08. The lowest BCUT2D eigenvalue weighted by Crippen LogP contribution is -2.44. The summed E-state index contributed by atoms with van der Waals surface area (Å²) >= 11 is 0. The van der Waals surface area contributed by atoms with Crippen LogP contribution in [-0.4, -0.2) is 46.4 Å². The predicted molar refractivity (Wildman–Crippen MR) is 94.0 cm³/mol. The summed E-state index contributed by atoms with van der Waals surface area (Å²) < 4.78 is 0. The van der Waals surface area contributed by atoms with Gasteiger partial charge in [0.25, 0.3) is 5.56 Å². The number of likely N-dealkylation sites (tertiary alicyclic amines) is 1. The second kappa shape index (κ2) is 8.96. The molecule has 1 aliphatic heterocycles. The first kappa shape index (κ1) is 17.8. The molecule has 0 saturated carbocycles. The number of pyridine rings is 1. The van der Waals surface area contributed by atoms with Gasteiger partial charge in [0.2, 0.25) is 5.91 Å². The van der Waals surface area contributed by atoms with E-state index in [1.807, 2.05) is 12.1 Å². The minimum atomic E-state index is -0.0746. The topological polar surface area (TPSA) is 56.4 Å². The van der Waals surface area contributed by atoms with Gasteiger partial charge in [0.1, 0.15) is 0 Å². The number of hydrogen-bond donors (Lipinski definition) is 1. The van der Waals surface area contributed by atoms with Crippen molar-refractivity contribution in [3.63, 3.8) is 0 Å². The number of amides is 1. The zero-order chi connectivity index (χ0) is 17.4. The molecule has 1 N–H and O–H groups in total. The summed E-state index contributed by atoms with van der Waals surface area (Å²) in [5.74, 6) is 4.94. The van der Waals surface area contributed by atoms with Crippen molar-refractivity contribution in [1.29, 1.82) is 0 Å². The molecule has 24 heavy (non-hydrogen) atoms. The van der Waals surface area contributed by atoms with Crippen LogP contribution in [0.2, 0.25) is 0 Å². The molecule has 2 heterocycles. The van der Waals surface area contributed by atoms with Gasteiger partial charge >= 0.3 is 0 Å². The number of nitrogens with zero attached hydrogens (tertiary/aromatic N) is 2. The second-order valence-corrected chi connectivity index (χ2v) is 6.01. The Balaban J connectivity index is 2.05. The van der Waals surface area contributed by atoms with Gasteiger partial charge in [-0.15, -0.1) is 12.8 Å². The first-order valence-corrected chi connectivity index (χ1v) is 8.21. The second-order valence-electron chi connectivity index (χ2n) is 6.01. The number of aromatic nitrogens is 1. The van der Waals surface area contributed by atoms with Crippen LogP contribution in [0.1, 0.15) is 31.2 Å². The van der Waals surface area contributed by atoms with Crippen molar-refractivity contribution in [3.05, 3.63) is 34.2 Å². The number of terminal acetylenes is 2. The van der Waals surface area contributed by atoms with Crippen LogP contribution in [0.15, 0.2) is 23.1 Å². The summed E-state index contributed by atoms with van der Waals surface area (Å²) in [4.78, 5) is 30.8. The minimum Gasteiger partial charge on any atom is -0.329 e. The Kier molecular flexibility index (Phi) is 6.66. The van der Waals surface area contributed by atoms with Crippen molar-refractivity contribution in [2.75, 3.05) is 19.6 Å². The normalized spacial score (nSPS) is 17.7. The summed E-state index contributed by atoms with van der Waals surface area (Å²) in [5.41, 5.74) is 0.649. The largest absolute Gasteiger partial charge is 0.329 e. The van der Waals surface area contributed by atoms with Gasteiger partial charge < -0.3 is 9.88 Å². The highest BCUT2D eigenvalue weighted by atomic mass is 16.2. The molecule has 2 rings (SSSR count). The van der Waals surface area contributed by atoms with Gasteiger partial charge in [-0.2, -0.15) is 0 Å². The molecule has 126 valence electrons. The van der Waals surface area contributed by atoms with Crippen molar-refractivity contribution in [3.8, 4) is 24.7 Å². The molecule has 0 aromatic carbocycles. The van der Waals surface area contributed by atoms with Crippen LogP contribution < -0.4 is 5.56 Å². The van der Waals surface area contributed by atoms with Gasteiger partial charge in [-0.05, 0) is 25.5 Å². The zero-order valence-electron chi connectivity index (χ0n) is 13.8. The Morgan fingerprint density at radius 3 is 2.75 bits per heavy atom. The van der Waals surface area contributed by atoms with Gasteiger partial charge in [0.05, 0.1) is 13.1 Å². The molecule has 1 aliphatic rings. The Morgan fingerprint density at radius 2 is 2.08 bits per heavy atom. The van der Waals surface area contributed by atoms with E-state index in [2.05, 4.69) is 21.7 Å². The SMILES string of the molecule is C#CCN(CC#C)C(=O)C[C@H]1CCCCN1Cc1ccc[nH]c1=O. The number of carbonyl (C=O) groups is 1. The van der Waals surface area contributed by atoms with Crippen molar-refractivity contribution in [2.45, 2.75) is 38.3 Å². The molecular weight excluding hydrogens is 302 g/mol. The Hall–Kier alpha value is -2.50. The molecule has 1 fully saturated rings. The summed E-state index contributed by atoms with van der Waals surface area (Å²) in [6, 6.07) is 3.77.